The van der Waals surface area contributed by atoms with Gasteiger partial charge in [0.25, 0.3) is 5.91 Å². The van der Waals surface area contributed by atoms with Crippen LogP contribution < -0.4 is 5.32 Å². The van der Waals surface area contributed by atoms with Crippen LogP contribution in [0, 0.1) is 5.41 Å². The maximum atomic E-state index is 13.0. The van der Waals surface area contributed by atoms with E-state index in [4.69, 9.17) is 4.74 Å². The number of ether oxygens (including phenoxy) is 1. The van der Waals surface area contributed by atoms with E-state index in [1.54, 1.807) is 11.8 Å². The number of carbonyl (C=O) groups is 3. The Hall–Kier alpha value is -4.05. The van der Waals surface area contributed by atoms with Gasteiger partial charge in [-0.25, -0.2) is 0 Å². The second-order valence-electron chi connectivity index (χ2n) is 9.84. The van der Waals surface area contributed by atoms with Gasteiger partial charge in [0.2, 0.25) is 5.91 Å². The van der Waals surface area contributed by atoms with E-state index in [9.17, 15) is 19.5 Å². The van der Waals surface area contributed by atoms with Crippen molar-refractivity contribution in [3.8, 4) is 11.1 Å². The predicted octanol–water partition coefficient (Wildman–Crippen LogP) is 2.37. The van der Waals surface area contributed by atoms with Gasteiger partial charge in [0.05, 0.1) is 24.8 Å². The lowest BCUT2D eigenvalue weighted by Gasteiger charge is -2.30. The number of aliphatic hydroxyl groups is 1. The van der Waals surface area contributed by atoms with E-state index in [-0.39, 0.29) is 24.6 Å². The summed E-state index contributed by atoms with van der Waals surface area (Å²) in [5, 5.41) is 23.1. The van der Waals surface area contributed by atoms with Crippen LogP contribution in [0.2, 0.25) is 0 Å². The molecule has 0 saturated carbocycles. The number of rotatable bonds is 12. The number of carbonyl (C=O) groups excluding carboxylic acids is 3. The highest BCUT2D eigenvalue weighted by atomic mass is 16.5. The van der Waals surface area contributed by atoms with Crippen molar-refractivity contribution in [3.63, 3.8) is 0 Å². The summed E-state index contributed by atoms with van der Waals surface area (Å²) in [6.07, 6.45) is 3.20. The fourth-order valence-electron chi connectivity index (χ4n) is 4.61. The van der Waals surface area contributed by atoms with Crippen LogP contribution in [-0.2, 0) is 20.7 Å². The summed E-state index contributed by atoms with van der Waals surface area (Å²) in [4.78, 5) is 39.3. The molecule has 1 aliphatic rings. The SMILES string of the molecule is C[C@@](CO)(C[C@@H](Cc1ccc(-c2ccccc2)cc1)NC(=O)c1cn[nH]n1)C(=O)OCCN1CCCC1=O. The minimum atomic E-state index is -1.26. The van der Waals surface area contributed by atoms with Gasteiger partial charge in [-0.3, -0.25) is 14.4 Å². The van der Waals surface area contributed by atoms with Gasteiger partial charge in [-0.2, -0.15) is 15.4 Å². The minimum Gasteiger partial charge on any atom is -0.463 e. The summed E-state index contributed by atoms with van der Waals surface area (Å²) >= 11 is 0. The highest BCUT2D eigenvalue weighted by molar-refractivity contribution is 5.92. The average molecular weight is 520 g/mol. The highest BCUT2D eigenvalue weighted by Crippen LogP contribution is 2.27. The van der Waals surface area contributed by atoms with E-state index in [2.05, 4.69) is 20.7 Å². The molecule has 1 saturated heterocycles. The number of aromatic nitrogens is 3. The van der Waals surface area contributed by atoms with Crippen molar-refractivity contribution in [3.05, 3.63) is 72.1 Å². The molecule has 10 nitrogen and oxygen atoms in total. The number of esters is 1. The Bertz CT molecular complexity index is 1220. The summed E-state index contributed by atoms with van der Waals surface area (Å²) in [7, 11) is 0. The number of aromatic amines is 1. The Balaban J connectivity index is 1.45. The van der Waals surface area contributed by atoms with Crippen LogP contribution in [0.25, 0.3) is 11.1 Å². The first kappa shape index (κ1) is 27.0. The van der Waals surface area contributed by atoms with Crippen LogP contribution in [0.1, 0.15) is 42.2 Å². The van der Waals surface area contributed by atoms with Crippen LogP contribution >= 0.6 is 0 Å². The smallest absolute Gasteiger partial charge is 0.314 e. The van der Waals surface area contributed by atoms with Gasteiger partial charge in [0, 0.05) is 19.0 Å². The summed E-state index contributed by atoms with van der Waals surface area (Å²) in [6, 6.07) is 17.5. The van der Waals surface area contributed by atoms with Crippen molar-refractivity contribution < 1.29 is 24.2 Å². The van der Waals surface area contributed by atoms with Gasteiger partial charge in [-0.05, 0) is 42.9 Å². The third-order valence-corrected chi connectivity index (χ3v) is 6.83. The second-order valence-corrected chi connectivity index (χ2v) is 9.84. The molecule has 0 aliphatic carbocycles. The number of hydrogen-bond donors (Lipinski definition) is 3. The van der Waals surface area contributed by atoms with Gasteiger partial charge in [-0.1, -0.05) is 54.6 Å². The third-order valence-electron chi connectivity index (χ3n) is 6.83. The van der Waals surface area contributed by atoms with Crippen LogP contribution in [0.5, 0.6) is 0 Å². The summed E-state index contributed by atoms with van der Waals surface area (Å²) in [6.45, 7) is 2.19. The van der Waals surface area contributed by atoms with E-state index in [1.807, 2.05) is 54.6 Å². The maximum Gasteiger partial charge on any atom is 0.314 e. The van der Waals surface area contributed by atoms with Gasteiger partial charge in [0.15, 0.2) is 5.69 Å². The van der Waals surface area contributed by atoms with Crippen LogP contribution in [-0.4, -0.2) is 75.5 Å². The van der Waals surface area contributed by atoms with Gasteiger partial charge >= 0.3 is 5.97 Å². The van der Waals surface area contributed by atoms with Crippen LogP contribution in [0.15, 0.2) is 60.8 Å². The maximum absolute atomic E-state index is 13.0. The van der Waals surface area contributed by atoms with E-state index in [0.717, 1.165) is 23.1 Å². The number of amides is 2. The van der Waals surface area contributed by atoms with Crippen molar-refractivity contribution in [2.24, 2.45) is 5.41 Å². The molecule has 2 amide bonds. The van der Waals surface area contributed by atoms with Crippen LogP contribution in [0.3, 0.4) is 0 Å². The number of hydrogen-bond acceptors (Lipinski definition) is 7. The zero-order valence-corrected chi connectivity index (χ0v) is 21.4. The van der Waals surface area contributed by atoms with E-state index >= 15 is 0 Å². The first-order valence-corrected chi connectivity index (χ1v) is 12.7. The molecule has 200 valence electrons. The second kappa shape index (κ2) is 12.5. The fraction of sp³-hybridized carbons (Fsp3) is 0.393. The van der Waals surface area contributed by atoms with Crippen molar-refractivity contribution in [1.29, 1.82) is 0 Å². The van der Waals surface area contributed by atoms with Crippen LogP contribution in [0.4, 0.5) is 0 Å². The number of nitrogens with zero attached hydrogens (tertiary/aromatic N) is 3. The lowest BCUT2D eigenvalue weighted by atomic mass is 9.82. The number of benzene rings is 2. The molecular weight excluding hydrogens is 486 g/mol. The molecule has 1 aromatic heterocycles. The van der Waals surface area contributed by atoms with Gasteiger partial charge in [-0.15, -0.1) is 0 Å². The molecule has 0 bridgehead atoms. The molecule has 4 rings (SSSR count). The molecule has 3 aromatic rings. The highest BCUT2D eigenvalue weighted by Gasteiger charge is 2.38. The van der Waals surface area contributed by atoms with Crippen molar-refractivity contribution in [1.82, 2.24) is 25.6 Å². The Morgan fingerprint density at radius 2 is 1.89 bits per heavy atom. The molecule has 38 heavy (non-hydrogen) atoms. The lowest BCUT2D eigenvalue weighted by Crippen LogP contribution is -2.45. The minimum absolute atomic E-state index is 0.0527. The number of likely N-dealkylation sites (tertiary alicyclic amines) is 1. The molecule has 1 fully saturated rings. The molecule has 3 N–H and O–H groups in total. The number of nitrogens with one attached hydrogen (secondary N) is 2. The van der Waals surface area contributed by atoms with Crippen molar-refractivity contribution >= 4 is 17.8 Å². The lowest BCUT2D eigenvalue weighted by molar-refractivity contribution is -0.159. The summed E-state index contributed by atoms with van der Waals surface area (Å²) in [5.41, 5.74) is 1.98. The summed E-state index contributed by atoms with van der Waals surface area (Å²) < 4.78 is 5.47. The average Bonchev–Trinajstić information content (AvgIpc) is 3.62. The monoisotopic (exact) mass is 519 g/mol. The van der Waals surface area contributed by atoms with Crippen molar-refractivity contribution in [2.75, 3.05) is 26.3 Å². The first-order chi connectivity index (χ1) is 18.4. The molecular formula is C28H33N5O5. The molecule has 2 atom stereocenters. The van der Waals surface area contributed by atoms with Gasteiger partial charge < -0.3 is 20.1 Å². The zero-order valence-electron chi connectivity index (χ0n) is 21.4. The zero-order chi connectivity index (χ0) is 27.0. The number of aliphatic hydroxyl groups excluding tert-OH is 1. The fourth-order valence-corrected chi connectivity index (χ4v) is 4.61. The largest absolute Gasteiger partial charge is 0.463 e. The van der Waals surface area contributed by atoms with E-state index < -0.39 is 29.9 Å². The van der Waals surface area contributed by atoms with E-state index in [0.29, 0.717) is 25.9 Å². The Labute approximate surface area is 221 Å². The quantitative estimate of drug-likeness (QED) is 0.312. The summed E-state index contributed by atoms with van der Waals surface area (Å²) in [5.74, 6) is -0.961. The van der Waals surface area contributed by atoms with Gasteiger partial charge in [0.1, 0.15) is 6.61 Å². The molecule has 0 spiro atoms. The Morgan fingerprint density at radius 3 is 2.53 bits per heavy atom. The Morgan fingerprint density at radius 1 is 1.16 bits per heavy atom. The molecule has 2 aromatic carbocycles. The third kappa shape index (κ3) is 6.83. The standard InChI is InChI=1S/C28H33N5O5/c1-28(19-34,27(37)38-15-14-33-13-5-8-25(33)35)17-23(30-26(36)24-18-29-32-31-24)16-20-9-11-22(12-10-20)21-6-3-2-4-7-21/h2-4,6-7,9-12,18,23,34H,5,8,13-17,19H2,1H3,(H,30,36)(H,29,31,32)/t23-,28+/m1/s1. The normalized spacial score (nSPS) is 15.6. The Kier molecular flexibility index (Phi) is 8.85. The molecule has 0 radical (unpaired) electrons. The predicted molar refractivity (Wildman–Crippen MR) is 140 cm³/mol. The molecule has 1 aliphatic heterocycles. The molecule has 2 heterocycles. The number of H-pyrrole nitrogens is 1. The first-order valence-electron chi connectivity index (χ1n) is 12.7. The van der Waals surface area contributed by atoms with Crippen molar-refractivity contribution in [2.45, 2.75) is 38.6 Å². The molecule has 10 heteroatoms. The van der Waals surface area contributed by atoms with E-state index in [1.165, 1.54) is 6.20 Å². The topological polar surface area (TPSA) is 138 Å². The molecule has 0 unspecified atom stereocenters.